The highest BCUT2D eigenvalue weighted by molar-refractivity contribution is 6.05. The van der Waals surface area contributed by atoms with Gasteiger partial charge in [-0.2, -0.15) is 5.23 Å². The monoisotopic (exact) mass is 340 g/mol. The number of allylic oxidation sites excluding steroid dienone is 4. The molecule has 2 N–H and O–H groups in total. The van der Waals surface area contributed by atoms with Crippen LogP contribution in [-0.2, 0) is 9.59 Å². The van der Waals surface area contributed by atoms with Gasteiger partial charge in [0, 0.05) is 53.9 Å². The Morgan fingerprint density at radius 1 is 0.960 bits per heavy atom. The summed E-state index contributed by atoms with van der Waals surface area (Å²) in [7, 11) is 0. The van der Waals surface area contributed by atoms with Crippen LogP contribution in [-0.4, -0.2) is 16.8 Å². The minimum atomic E-state index is -0.985. The first-order valence-electron chi connectivity index (χ1n) is 8.70. The average Bonchev–Trinajstić information content (AvgIpc) is 2.61. The van der Waals surface area contributed by atoms with Crippen LogP contribution in [0.2, 0.25) is 0 Å². The second-order valence-electron chi connectivity index (χ2n) is 6.77. The first-order chi connectivity index (χ1) is 12.1. The van der Waals surface area contributed by atoms with Gasteiger partial charge in [-0.25, -0.2) is 5.21 Å². The minimum absolute atomic E-state index is 0.116. The van der Waals surface area contributed by atoms with Crippen molar-refractivity contribution in [2.24, 2.45) is 0 Å². The predicted octanol–water partition coefficient (Wildman–Crippen LogP) is 2.31. The number of quaternary nitrogens is 1. The van der Waals surface area contributed by atoms with Crippen LogP contribution in [0.1, 0.15) is 44.9 Å². The summed E-state index contributed by atoms with van der Waals surface area (Å²) in [4.78, 5) is 26.9. The number of hydrogen-bond acceptors (Lipinski definition) is 5. The molecule has 1 atom stereocenters. The van der Waals surface area contributed by atoms with Crippen molar-refractivity contribution in [1.29, 1.82) is 0 Å². The standard InChI is InChI=1S/C19H20N2O4/c22-18-8-2-6-16-14(18)11-15-17(7-3-9-19(15)23)20(16)12-4-1-5-13(10-12)21(24)25/h1,4-5,10,21,24H,2-3,6-9,11H2. The Morgan fingerprint density at radius 3 is 2.12 bits per heavy atom. The molecule has 1 aromatic rings. The molecule has 1 aliphatic heterocycles. The Labute approximate surface area is 145 Å². The molecule has 0 fully saturated rings. The highest BCUT2D eigenvalue weighted by Crippen LogP contribution is 2.44. The number of hydrogen-bond donors (Lipinski definition) is 2. The van der Waals surface area contributed by atoms with Crippen LogP contribution in [0.25, 0.3) is 0 Å². The number of nitrogens with one attached hydrogen (secondary N) is 1. The molecule has 0 saturated carbocycles. The van der Waals surface area contributed by atoms with Gasteiger partial charge in [0.2, 0.25) is 0 Å². The molecule has 0 radical (unpaired) electrons. The van der Waals surface area contributed by atoms with Gasteiger partial charge in [0.25, 0.3) is 0 Å². The third-order valence-electron chi connectivity index (χ3n) is 5.25. The fourth-order valence-corrected chi connectivity index (χ4v) is 4.08. The lowest BCUT2D eigenvalue weighted by atomic mass is 9.80. The molecule has 25 heavy (non-hydrogen) atoms. The van der Waals surface area contributed by atoms with E-state index in [0.29, 0.717) is 19.3 Å². The van der Waals surface area contributed by atoms with Gasteiger partial charge >= 0.3 is 0 Å². The molecule has 1 unspecified atom stereocenters. The molecule has 0 bridgehead atoms. The molecule has 0 aromatic heterocycles. The van der Waals surface area contributed by atoms with Crippen LogP contribution in [0, 0.1) is 5.21 Å². The van der Waals surface area contributed by atoms with Crippen molar-refractivity contribution in [1.82, 2.24) is 0 Å². The quantitative estimate of drug-likeness (QED) is 0.807. The van der Waals surface area contributed by atoms with E-state index in [-0.39, 0.29) is 17.3 Å². The van der Waals surface area contributed by atoms with Crippen LogP contribution in [0.3, 0.4) is 0 Å². The zero-order valence-corrected chi connectivity index (χ0v) is 13.9. The molecule has 0 saturated heterocycles. The first-order valence-corrected chi connectivity index (χ1v) is 8.70. The van der Waals surface area contributed by atoms with Crippen LogP contribution in [0.5, 0.6) is 0 Å². The largest absolute Gasteiger partial charge is 0.595 e. The number of Topliss-reactive ketones (excluding diaryl/α,β-unsaturated/α-hetero) is 2. The molecule has 4 rings (SSSR count). The summed E-state index contributed by atoms with van der Waals surface area (Å²) in [6.45, 7) is 0. The summed E-state index contributed by atoms with van der Waals surface area (Å²) >= 11 is 0. The maximum absolute atomic E-state index is 12.4. The van der Waals surface area contributed by atoms with E-state index in [1.807, 2.05) is 11.0 Å². The second kappa shape index (κ2) is 6.22. The molecule has 2 aliphatic carbocycles. The Hall–Kier alpha value is -2.28. The number of nitrogens with zero attached hydrogens (tertiary/aromatic N) is 1. The maximum atomic E-state index is 12.4. The van der Waals surface area contributed by atoms with Gasteiger partial charge in [0.15, 0.2) is 17.3 Å². The van der Waals surface area contributed by atoms with Crippen molar-refractivity contribution < 1.29 is 20.0 Å². The van der Waals surface area contributed by atoms with E-state index in [2.05, 4.69) is 0 Å². The lowest BCUT2D eigenvalue weighted by Crippen LogP contribution is -2.99. The SMILES string of the molecule is O=C1CCCC2=C1CC1=C(CCCC1=O)N2c1cccc([NH+]([O-])O)c1. The van der Waals surface area contributed by atoms with E-state index >= 15 is 0 Å². The van der Waals surface area contributed by atoms with Gasteiger partial charge in [0.1, 0.15) is 0 Å². The summed E-state index contributed by atoms with van der Waals surface area (Å²) in [5.41, 5.74) is 4.31. The maximum Gasteiger partial charge on any atom is 0.165 e. The third-order valence-corrected chi connectivity index (χ3v) is 5.25. The Morgan fingerprint density at radius 2 is 1.56 bits per heavy atom. The number of ketones is 2. The molecule has 1 heterocycles. The van der Waals surface area contributed by atoms with Crippen molar-refractivity contribution in [3.05, 3.63) is 52.0 Å². The molecule has 3 aliphatic rings. The van der Waals surface area contributed by atoms with Gasteiger partial charge in [-0.05, 0) is 31.7 Å². The van der Waals surface area contributed by atoms with Gasteiger partial charge in [0.05, 0.1) is 5.69 Å². The van der Waals surface area contributed by atoms with Crippen LogP contribution in [0.15, 0.2) is 46.8 Å². The Balaban J connectivity index is 1.88. The van der Waals surface area contributed by atoms with E-state index in [1.54, 1.807) is 18.2 Å². The topological polar surface area (TPSA) is 85.1 Å². The summed E-state index contributed by atoms with van der Waals surface area (Å²) in [6, 6.07) is 6.74. The van der Waals surface area contributed by atoms with Crippen LogP contribution >= 0.6 is 0 Å². The summed E-state index contributed by atoms with van der Waals surface area (Å²) in [5.74, 6) is 0.233. The number of benzene rings is 1. The molecule has 6 nitrogen and oxygen atoms in total. The molecule has 1 aromatic carbocycles. The Bertz CT molecular complexity index is 780. The summed E-state index contributed by atoms with van der Waals surface area (Å²) in [6.07, 6.45) is 4.65. The first kappa shape index (κ1) is 16.2. The smallest absolute Gasteiger partial charge is 0.165 e. The predicted molar refractivity (Wildman–Crippen MR) is 91.1 cm³/mol. The van der Waals surface area contributed by atoms with E-state index < -0.39 is 5.23 Å². The van der Waals surface area contributed by atoms with Crippen molar-refractivity contribution >= 4 is 22.9 Å². The van der Waals surface area contributed by atoms with Gasteiger partial charge in [-0.1, -0.05) is 6.07 Å². The van der Waals surface area contributed by atoms with Crippen LogP contribution in [0.4, 0.5) is 11.4 Å². The molecule has 130 valence electrons. The zero-order valence-electron chi connectivity index (χ0n) is 13.9. The van der Waals surface area contributed by atoms with Gasteiger partial charge < -0.3 is 10.1 Å². The van der Waals surface area contributed by atoms with Gasteiger partial charge in [-0.3, -0.25) is 9.59 Å². The van der Waals surface area contributed by atoms with Crippen LogP contribution < -0.4 is 10.1 Å². The number of rotatable bonds is 2. The minimum Gasteiger partial charge on any atom is -0.595 e. The van der Waals surface area contributed by atoms with E-state index in [1.165, 1.54) is 0 Å². The lowest BCUT2D eigenvalue weighted by Gasteiger charge is -2.40. The molecule has 6 heteroatoms. The van der Waals surface area contributed by atoms with Gasteiger partial charge in [-0.15, -0.1) is 0 Å². The molecule has 0 spiro atoms. The van der Waals surface area contributed by atoms with E-state index in [4.69, 9.17) is 0 Å². The number of carbonyl (C=O) groups excluding carboxylic acids is 2. The third kappa shape index (κ3) is 2.72. The van der Waals surface area contributed by atoms with E-state index in [9.17, 15) is 20.0 Å². The van der Waals surface area contributed by atoms with Crippen molar-refractivity contribution in [3.8, 4) is 0 Å². The van der Waals surface area contributed by atoms with Crippen molar-refractivity contribution in [2.75, 3.05) is 4.90 Å². The zero-order chi connectivity index (χ0) is 17.6. The number of carbonyl (C=O) groups is 2. The molecule has 0 amide bonds. The average molecular weight is 340 g/mol. The normalized spacial score (nSPS) is 22.1. The second-order valence-corrected chi connectivity index (χ2v) is 6.77. The Kier molecular flexibility index (Phi) is 4.03. The van der Waals surface area contributed by atoms with Crippen molar-refractivity contribution in [2.45, 2.75) is 44.9 Å². The fraction of sp³-hybridized carbons (Fsp3) is 0.368. The summed E-state index contributed by atoms with van der Waals surface area (Å²) < 4.78 is 0. The highest BCUT2D eigenvalue weighted by atomic mass is 16.8. The number of anilines is 1. The van der Waals surface area contributed by atoms with Crippen molar-refractivity contribution in [3.63, 3.8) is 0 Å². The lowest BCUT2D eigenvalue weighted by molar-refractivity contribution is -0.991. The highest BCUT2D eigenvalue weighted by Gasteiger charge is 2.36. The molecular formula is C19H20N2O4. The fourth-order valence-electron chi connectivity index (χ4n) is 4.08. The molecular weight excluding hydrogens is 320 g/mol. The van der Waals surface area contributed by atoms with E-state index in [0.717, 1.165) is 53.9 Å². The summed E-state index contributed by atoms with van der Waals surface area (Å²) in [5, 5.41) is 19.7.